The third-order valence-electron chi connectivity index (χ3n) is 2.63. The van der Waals surface area contributed by atoms with Crippen LogP contribution < -0.4 is 4.74 Å². The van der Waals surface area contributed by atoms with Crippen LogP contribution in [0.25, 0.3) is 0 Å². The first-order valence-electron chi connectivity index (χ1n) is 6.98. The molecule has 0 saturated carbocycles. The molecule has 0 aromatic heterocycles. The Balaban J connectivity index is 2.26. The Labute approximate surface area is 126 Å². The van der Waals surface area contributed by atoms with Gasteiger partial charge in [0.05, 0.1) is 6.61 Å². The molecule has 0 amide bonds. The molecule has 0 aliphatic rings. The highest BCUT2D eigenvalue weighted by Crippen LogP contribution is 2.11. The van der Waals surface area contributed by atoms with Gasteiger partial charge in [-0.2, -0.15) is 0 Å². The molecule has 0 bridgehead atoms. The van der Waals surface area contributed by atoms with E-state index in [0.717, 1.165) is 24.6 Å². The van der Waals surface area contributed by atoms with Crippen LogP contribution in [0.15, 0.2) is 42.5 Å². The Morgan fingerprint density at radius 1 is 1.05 bits per heavy atom. The lowest BCUT2D eigenvalue weighted by Crippen LogP contribution is -2.20. The lowest BCUT2D eigenvalue weighted by atomic mass is 10.3. The van der Waals surface area contributed by atoms with Crippen LogP contribution in [0.2, 0.25) is 25.7 Å². The highest BCUT2D eigenvalue weighted by Gasteiger charge is 2.12. The summed E-state index contributed by atoms with van der Waals surface area (Å²) in [6.07, 6.45) is 3.04. The molecule has 0 saturated heterocycles. The normalized spacial score (nSPS) is 11.4. The summed E-state index contributed by atoms with van der Waals surface area (Å²) in [6, 6.07) is 9.80. The van der Waals surface area contributed by atoms with Gasteiger partial charge in [-0.3, -0.25) is 0 Å². The van der Waals surface area contributed by atoms with Crippen LogP contribution in [0.3, 0.4) is 0 Å². The van der Waals surface area contributed by atoms with E-state index >= 15 is 0 Å². The minimum absolute atomic E-state index is 0.390. The zero-order valence-corrected chi connectivity index (χ0v) is 13.8. The molecule has 0 spiro atoms. The van der Waals surface area contributed by atoms with Crippen molar-refractivity contribution in [1.82, 2.24) is 0 Å². The summed E-state index contributed by atoms with van der Waals surface area (Å²) < 4.78 is 10.0. The molecular weight excluding hydrogens is 284 g/mol. The predicted molar refractivity (Wildman–Crippen MR) is 84.9 cm³/mol. The molecule has 1 rings (SSSR count). The van der Waals surface area contributed by atoms with E-state index in [4.69, 9.17) is 9.47 Å². The fourth-order valence-electron chi connectivity index (χ4n) is 1.60. The van der Waals surface area contributed by atoms with E-state index in [1.807, 2.05) is 6.07 Å². The molecule has 0 fully saturated rings. The van der Waals surface area contributed by atoms with Crippen molar-refractivity contribution in [2.24, 2.45) is 0 Å². The molecule has 114 valence electrons. The number of esters is 2. The molecule has 1 aromatic carbocycles. The summed E-state index contributed by atoms with van der Waals surface area (Å²) in [5.41, 5.74) is 0. The van der Waals surface area contributed by atoms with Crippen molar-refractivity contribution in [3.8, 4) is 5.75 Å². The van der Waals surface area contributed by atoms with Crippen molar-refractivity contribution >= 4 is 20.0 Å². The standard InChI is InChI=1S/C16H22O4Si/c1-21(2,3)13-7-12-19-15(17)10-11-16(18)20-14-8-5-4-6-9-14/h4-6,8-11H,7,12-13H2,1-3H3/b11-10+. The van der Waals surface area contributed by atoms with E-state index in [2.05, 4.69) is 19.6 Å². The van der Waals surface area contributed by atoms with E-state index in [-0.39, 0.29) is 0 Å². The van der Waals surface area contributed by atoms with Gasteiger partial charge in [-0.1, -0.05) is 43.9 Å². The largest absolute Gasteiger partial charge is 0.463 e. The zero-order valence-electron chi connectivity index (χ0n) is 12.8. The van der Waals surface area contributed by atoms with Crippen LogP contribution >= 0.6 is 0 Å². The molecule has 0 heterocycles. The van der Waals surface area contributed by atoms with Gasteiger partial charge in [0.2, 0.25) is 0 Å². The number of benzene rings is 1. The SMILES string of the molecule is C[Si](C)(C)CCCOC(=O)/C=C/C(=O)Oc1ccccc1. The quantitative estimate of drug-likeness (QED) is 0.255. The van der Waals surface area contributed by atoms with Gasteiger partial charge in [-0.25, -0.2) is 9.59 Å². The van der Waals surface area contributed by atoms with Gasteiger partial charge >= 0.3 is 11.9 Å². The van der Waals surface area contributed by atoms with Crippen molar-refractivity contribution in [2.75, 3.05) is 6.61 Å². The van der Waals surface area contributed by atoms with Crippen molar-refractivity contribution < 1.29 is 19.1 Å². The highest BCUT2D eigenvalue weighted by molar-refractivity contribution is 6.76. The third-order valence-corrected chi connectivity index (χ3v) is 4.49. The van der Waals surface area contributed by atoms with E-state index in [9.17, 15) is 9.59 Å². The molecule has 0 N–H and O–H groups in total. The second-order valence-electron chi connectivity index (χ2n) is 5.90. The minimum atomic E-state index is -1.09. The average molecular weight is 306 g/mol. The number of carbonyl (C=O) groups excluding carboxylic acids is 2. The maximum Gasteiger partial charge on any atom is 0.336 e. The minimum Gasteiger partial charge on any atom is -0.463 e. The topological polar surface area (TPSA) is 52.6 Å². The van der Waals surface area contributed by atoms with E-state index in [0.29, 0.717) is 12.4 Å². The first kappa shape index (κ1) is 17.2. The summed E-state index contributed by atoms with van der Waals surface area (Å²) in [4.78, 5) is 22.9. The number of para-hydroxylation sites is 1. The Hall–Kier alpha value is -1.88. The number of hydrogen-bond acceptors (Lipinski definition) is 4. The van der Waals surface area contributed by atoms with Crippen LogP contribution in [0.1, 0.15) is 6.42 Å². The van der Waals surface area contributed by atoms with Gasteiger partial charge in [-0.15, -0.1) is 0 Å². The van der Waals surface area contributed by atoms with Gasteiger partial charge in [0.1, 0.15) is 5.75 Å². The Morgan fingerprint density at radius 3 is 2.29 bits per heavy atom. The third kappa shape index (κ3) is 8.81. The molecule has 0 atom stereocenters. The molecule has 0 unspecified atom stereocenters. The van der Waals surface area contributed by atoms with Gasteiger partial charge in [0.15, 0.2) is 0 Å². The van der Waals surface area contributed by atoms with E-state index < -0.39 is 20.0 Å². The van der Waals surface area contributed by atoms with Crippen LogP contribution in [0.4, 0.5) is 0 Å². The maximum atomic E-state index is 11.5. The summed E-state index contributed by atoms with van der Waals surface area (Å²) in [6.45, 7) is 7.21. The number of ether oxygens (including phenoxy) is 2. The van der Waals surface area contributed by atoms with Gasteiger partial charge in [0, 0.05) is 20.2 Å². The number of hydrogen-bond donors (Lipinski definition) is 0. The zero-order chi connectivity index (χ0) is 15.7. The van der Waals surface area contributed by atoms with Crippen LogP contribution in [-0.4, -0.2) is 26.6 Å². The van der Waals surface area contributed by atoms with Gasteiger partial charge in [0.25, 0.3) is 0 Å². The van der Waals surface area contributed by atoms with Crippen molar-refractivity contribution in [3.63, 3.8) is 0 Å². The molecule has 0 radical (unpaired) electrons. The molecule has 0 aliphatic carbocycles. The van der Waals surface area contributed by atoms with Crippen LogP contribution in [0.5, 0.6) is 5.75 Å². The highest BCUT2D eigenvalue weighted by atomic mass is 28.3. The molecule has 1 aromatic rings. The molecule has 5 heteroatoms. The number of carbonyl (C=O) groups is 2. The fraction of sp³-hybridized carbons (Fsp3) is 0.375. The van der Waals surface area contributed by atoms with Crippen molar-refractivity contribution in [3.05, 3.63) is 42.5 Å². The van der Waals surface area contributed by atoms with Crippen molar-refractivity contribution in [1.29, 1.82) is 0 Å². The lowest BCUT2D eigenvalue weighted by Gasteiger charge is -2.14. The molecular formula is C16H22O4Si. The number of rotatable bonds is 7. The Morgan fingerprint density at radius 2 is 1.67 bits per heavy atom. The van der Waals surface area contributed by atoms with E-state index in [1.54, 1.807) is 24.3 Å². The molecule has 0 aliphatic heterocycles. The fourth-order valence-corrected chi connectivity index (χ4v) is 2.80. The van der Waals surface area contributed by atoms with Crippen LogP contribution in [-0.2, 0) is 14.3 Å². The molecule has 21 heavy (non-hydrogen) atoms. The maximum absolute atomic E-state index is 11.5. The van der Waals surface area contributed by atoms with Crippen LogP contribution in [0, 0.1) is 0 Å². The summed E-state index contributed by atoms with van der Waals surface area (Å²) >= 11 is 0. The average Bonchev–Trinajstić information content (AvgIpc) is 2.41. The predicted octanol–water partition coefficient (Wildman–Crippen LogP) is 3.42. The monoisotopic (exact) mass is 306 g/mol. The first-order chi connectivity index (χ1) is 9.87. The van der Waals surface area contributed by atoms with Gasteiger partial charge in [-0.05, 0) is 18.6 Å². The smallest absolute Gasteiger partial charge is 0.336 e. The van der Waals surface area contributed by atoms with Gasteiger partial charge < -0.3 is 9.47 Å². The first-order valence-corrected chi connectivity index (χ1v) is 10.7. The summed E-state index contributed by atoms with van der Waals surface area (Å²) in [5.74, 6) is -0.675. The Kier molecular flexibility index (Phi) is 6.88. The summed E-state index contributed by atoms with van der Waals surface area (Å²) in [7, 11) is -1.09. The summed E-state index contributed by atoms with van der Waals surface area (Å²) in [5, 5.41) is 0. The van der Waals surface area contributed by atoms with Crippen molar-refractivity contribution in [2.45, 2.75) is 32.1 Å². The Bertz CT molecular complexity index is 489. The van der Waals surface area contributed by atoms with E-state index in [1.165, 1.54) is 0 Å². The molecule has 4 nitrogen and oxygen atoms in total. The second-order valence-corrected chi connectivity index (χ2v) is 11.5. The lowest BCUT2D eigenvalue weighted by molar-refractivity contribution is -0.138. The second kappa shape index (κ2) is 8.41.